The van der Waals surface area contributed by atoms with Crippen LogP contribution in [-0.2, 0) is 61.2 Å². The summed E-state index contributed by atoms with van der Waals surface area (Å²) in [6, 6.07) is 40.1. The molecule has 0 aromatic heterocycles. The van der Waals surface area contributed by atoms with Crippen molar-refractivity contribution in [3.8, 4) is 0 Å². The molecule has 0 N–H and O–H groups in total. The summed E-state index contributed by atoms with van der Waals surface area (Å²) in [5.41, 5.74) is 0. The maximum Gasteiger partial charge on any atom is 0.303 e. The number of hydrogen-bond acceptors (Lipinski definition) is 13. The first-order valence-corrected chi connectivity index (χ1v) is 26.4. The molecular formula is C52H64O13Si2. The molecule has 2 aliphatic heterocycles. The first-order chi connectivity index (χ1) is 31.8. The van der Waals surface area contributed by atoms with Gasteiger partial charge in [0.2, 0.25) is 0 Å². The zero-order valence-corrected chi connectivity index (χ0v) is 42.0. The molecule has 6 rings (SSSR count). The minimum atomic E-state index is -3.26. The quantitative estimate of drug-likeness (QED) is 0.0747. The Morgan fingerprint density at radius 3 is 1.21 bits per heavy atom. The van der Waals surface area contributed by atoms with Crippen molar-refractivity contribution < 1.29 is 61.2 Å². The number of carbonyl (C=O) groups is 4. The van der Waals surface area contributed by atoms with Crippen molar-refractivity contribution >= 4 is 61.3 Å². The maximum absolute atomic E-state index is 13.0. The molecule has 0 saturated carbocycles. The third-order valence-corrected chi connectivity index (χ3v) is 22.1. The second kappa shape index (κ2) is 21.7. The van der Waals surface area contributed by atoms with Gasteiger partial charge in [-0.3, -0.25) is 19.2 Å². The number of esters is 4. The molecule has 1 unspecified atom stereocenters. The third-order valence-electron chi connectivity index (χ3n) is 12.1. The second-order valence-electron chi connectivity index (χ2n) is 18.9. The Morgan fingerprint density at radius 2 is 0.836 bits per heavy atom. The predicted molar refractivity (Wildman–Crippen MR) is 257 cm³/mol. The van der Waals surface area contributed by atoms with Gasteiger partial charge in [-0.15, -0.1) is 0 Å². The fourth-order valence-corrected chi connectivity index (χ4v) is 18.5. The average Bonchev–Trinajstić information content (AvgIpc) is 3.27. The largest absolute Gasteiger partial charge is 0.493 e. The summed E-state index contributed by atoms with van der Waals surface area (Å²) in [6.45, 7) is 17.5. The highest BCUT2D eigenvalue weighted by atomic mass is 28.4. The number of rotatable bonds is 16. The minimum Gasteiger partial charge on any atom is -0.493 e. The summed E-state index contributed by atoms with van der Waals surface area (Å²) in [6.07, 6.45) is -7.17. The van der Waals surface area contributed by atoms with Crippen molar-refractivity contribution in [2.75, 3.05) is 13.2 Å². The van der Waals surface area contributed by atoms with Crippen LogP contribution in [0.3, 0.4) is 0 Å². The highest BCUT2D eigenvalue weighted by molar-refractivity contribution is 7.00. The van der Waals surface area contributed by atoms with Gasteiger partial charge in [-0.25, -0.2) is 0 Å². The van der Waals surface area contributed by atoms with Crippen LogP contribution in [0.2, 0.25) is 10.1 Å². The molecule has 1 saturated heterocycles. The first kappa shape index (κ1) is 51.0. The third kappa shape index (κ3) is 11.5. The van der Waals surface area contributed by atoms with Gasteiger partial charge in [0.05, 0.1) is 19.5 Å². The molecule has 358 valence electrons. The van der Waals surface area contributed by atoms with Crippen molar-refractivity contribution in [3.63, 3.8) is 0 Å². The van der Waals surface area contributed by atoms with Crippen LogP contribution >= 0.6 is 0 Å². The van der Waals surface area contributed by atoms with Gasteiger partial charge in [0.15, 0.2) is 30.7 Å². The topological polar surface area (TPSA) is 151 Å². The fourth-order valence-electron chi connectivity index (χ4n) is 9.41. The molecule has 4 aromatic rings. The molecule has 8 atom stereocenters. The number of benzene rings is 4. The molecule has 67 heavy (non-hydrogen) atoms. The summed E-state index contributed by atoms with van der Waals surface area (Å²) in [4.78, 5) is 51.7. The predicted octanol–water partition coefficient (Wildman–Crippen LogP) is 5.89. The molecule has 0 radical (unpaired) electrons. The van der Waals surface area contributed by atoms with Crippen LogP contribution in [-0.4, -0.2) is 103 Å². The number of carbonyl (C=O) groups excluding carboxylic acids is 4. The highest BCUT2D eigenvalue weighted by Gasteiger charge is 2.57. The lowest BCUT2D eigenvalue weighted by molar-refractivity contribution is -0.327. The van der Waals surface area contributed by atoms with Crippen molar-refractivity contribution in [2.45, 2.75) is 128 Å². The minimum absolute atomic E-state index is 0.0468. The SMILES string of the molecule is CC(=O)O[C@@H]1[C@H](OC(C)=O)[C@@H](OC(C)=O)C(O[C@@H]2[C@H](OC(C)=O)C=CO[C@@H]2CO[Si](c2ccccc2)(c2ccccc2)C(C)(C)C)O[C@@H]1CO[Si](c1ccccc1)(c1ccccc1)C(C)(C)C. The Labute approximate surface area is 396 Å². The van der Waals surface area contributed by atoms with Crippen LogP contribution in [0.5, 0.6) is 0 Å². The summed E-state index contributed by atoms with van der Waals surface area (Å²) in [5, 5.41) is 3.16. The van der Waals surface area contributed by atoms with E-state index in [4.69, 9.17) is 42.0 Å². The van der Waals surface area contributed by atoms with E-state index in [1.165, 1.54) is 34.0 Å². The zero-order valence-electron chi connectivity index (χ0n) is 40.0. The van der Waals surface area contributed by atoms with Crippen LogP contribution in [0.25, 0.3) is 0 Å². The van der Waals surface area contributed by atoms with Crippen LogP contribution in [0, 0.1) is 0 Å². The Balaban J connectivity index is 1.45. The van der Waals surface area contributed by atoms with Gasteiger partial charge in [0.25, 0.3) is 16.6 Å². The molecule has 1 fully saturated rings. The van der Waals surface area contributed by atoms with Gasteiger partial charge >= 0.3 is 23.9 Å². The van der Waals surface area contributed by atoms with Gasteiger partial charge in [0, 0.05) is 27.7 Å². The van der Waals surface area contributed by atoms with Crippen molar-refractivity contribution in [1.82, 2.24) is 0 Å². The molecule has 15 heteroatoms. The van der Waals surface area contributed by atoms with Gasteiger partial charge in [-0.1, -0.05) is 163 Å². The van der Waals surface area contributed by atoms with Crippen LogP contribution < -0.4 is 20.7 Å². The molecule has 0 aliphatic carbocycles. The van der Waals surface area contributed by atoms with Crippen molar-refractivity contribution in [2.24, 2.45) is 0 Å². The Kier molecular flexibility index (Phi) is 16.5. The molecule has 13 nitrogen and oxygen atoms in total. The zero-order chi connectivity index (χ0) is 48.6. The second-order valence-corrected chi connectivity index (χ2v) is 27.5. The van der Waals surface area contributed by atoms with Crippen molar-refractivity contribution in [1.29, 1.82) is 0 Å². The lowest BCUT2D eigenvalue weighted by atomic mass is 9.97. The Hall–Kier alpha value is -5.43. The van der Waals surface area contributed by atoms with E-state index < -0.39 is 99.6 Å². The van der Waals surface area contributed by atoms with Gasteiger partial charge in [-0.05, 0) is 36.9 Å². The normalized spacial score (nSPS) is 23.3. The molecule has 2 aliphatic rings. The average molecular weight is 953 g/mol. The first-order valence-electron chi connectivity index (χ1n) is 22.6. The van der Waals surface area contributed by atoms with Gasteiger partial charge in [-0.2, -0.15) is 0 Å². The van der Waals surface area contributed by atoms with E-state index in [0.29, 0.717) is 0 Å². The van der Waals surface area contributed by atoms with E-state index in [1.54, 1.807) is 6.08 Å². The highest BCUT2D eigenvalue weighted by Crippen LogP contribution is 2.40. The van der Waals surface area contributed by atoms with E-state index in [2.05, 4.69) is 65.8 Å². The lowest BCUT2D eigenvalue weighted by Crippen LogP contribution is -2.69. The Morgan fingerprint density at radius 1 is 0.478 bits per heavy atom. The molecular weight excluding hydrogens is 889 g/mol. The van der Waals surface area contributed by atoms with E-state index >= 15 is 0 Å². The van der Waals surface area contributed by atoms with Crippen LogP contribution in [0.4, 0.5) is 0 Å². The monoisotopic (exact) mass is 952 g/mol. The number of hydrogen-bond donors (Lipinski definition) is 0. The van der Waals surface area contributed by atoms with Crippen LogP contribution in [0.1, 0.15) is 69.2 Å². The number of ether oxygens (including phenoxy) is 7. The molecule has 0 bridgehead atoms. The summed E-state index contributed by atoms with van der Waals surface area (Å²) >= 11 is 0. The maximum atomic E-state index is 13.0. The van der Waals surface area contributed by atoms with E-state index in [9.17, 15) is 19.2 Å². The van der Waals surface area contributed by atoms with E-state index in [1.807, 2.05) is 97.1 Å². The summed E-state index contributed by atoms with van der Waals surface area (Å²) < 4.78 is 58.3. The Bertz CT molecular complexity index is 2220. The molecule has 0 spiro atoms. The molecule has 0 amide bonds. The molecule has 2 heterocycles. The smallest absolute Gasteiger partial charge is 0.303 e. The van der Waals surface area contributed by atoms with Crippen molar-refractivity contribution in [3.05, 3.63) is 134 Å². The van der Waals surface area contributed by atoms with Gasteiger partial charge in [0.1, 0.15) is 18.3 Å². The van der Waals surface area contributed by atoms with E-state index in [0.717, 1.165) is 20.7 Å². The van der Waals surface area contributed by atoms with Gasteiger partial charge < -0.3 is 42.0 Å². The fraction of sp³-hybridized carbons (Fsp3) is 0.423. The lowest BCUT2D eigenvalue weighted by Gasteiger charge is -2.48. The summed E-state index contributed by atoms with van der Waals surface area (Å²) in [5.74, 6) is -2.80. The van der Waals surface area contributed by atoms with Crippen LogP contribution in [0.15, 0.2) is 134 Å². The standard InChI is InChI=1S/C52H64O13Si2/c1-35(53)60-43-31-32-57-44(33-58-66(51(5,6)7,39-23-15-11-16-24-39)40-25-17-12-18-26-40)46(43)65-50-49(63-38(4)56)48(62-37(3)55)47(61-36(2)54)45(64-50)34-59-67(52(8,9)10,41-27-19-13-20-28-41)42-29-21-14-22-30-42/h11-32,43-50H,33-34H2,1-10H3/t43-,44-,45-,46-,47+,48+,49-,50?/m1/s1. The van der Waals surface area contributed by atoms with E-state index in [-0.39, 0.29) is 13.2 Å². The molecule has 4 aromatic carbocycles. The summed E-state index contributed by atoms with van der Waals surface area (Å²) in [7, 11) is -6.42.